The molecule has 1 aliphatic heterocycles. The lowest BCUT2D eigenvalue weighted by atomic mass is 10.2. The van der Waals surface area contributed by atoms with Crippen molar-refractivity contribution in [1.82, 2.24) is 4.90 Å². The average Bonchev–Trinajstić information content (AvgIpc) is 1.77. The summed E-state index contributed by atoms with van der Waals surface area (Å²) in [6.07, 6.45) is 1.17. The van der Waals surface area contributed by atoms with E-state index in [1.807, 2.05) is 0 Å². The molecule has 0 saturated carbocycles. The highest BCUT2D eigenvalue weighted by molar-refractivity contribution is 4.71. The molecule has 0 aromatic carbocycles. The monoisotopic (exact) mass is 129 g/mol. The van der Waals surface area contributed by atoms with Crippen molar-refractivity contribution in [1.29, 1.82) is 0 Å². The van der Waals surface area contributed by atoms with E-state index in [1.54, 1.807) is 0 Å². The summed E-state index contributed by atoms with van der Waals surface area (Å²) in [5.74, 6) is 0. The summed E-state index contributed by atoms with van der Waals surface area (Å²) in [7, 11) is 2.10. The maximum absolute atomic E-state index is 5.50. The van der Waals surface area contributed by atoms with Crippen LogP contribution in [0.25, 0.3) is 0 Å². The molecule has 0 atom stereocenters. The summed E-state index contributed by atoms with van der Waals surface area (Å²) in [5, 5.41) is 0. The van der Waals surface area contributed by atoms with E-state index in [-0.39, 0.29) is 5.72 Å². The molecule has 2 heteroatoms. The zero-order valence-electron chi connectivity index (χ0n) is 6.48. The van der Waals surface area contributed by atoms with Crippen molar-refractivity contribution in [2.45, 2.75) is 26.0 Å². The summed E-state index contributed by atoms with van der Waals surface area (Å²) in [6.45, 7) is 6.28. The van der Waals surface area contributed by atoms with E-state index >= 15 is 0 Å². The third kappa shape index (κ3) is 1.43. The van der Waals surface area contributed by atoms with Crippen LogP contribution in [0.1, 0.15) is 20.3 Å². The first kappa shape index (κ1) is 7.03. The molecular formula is C7H15NO. The third-order valence-corrected chi connectivity index (χ3v) is 2.01. The molecule has 0 unspecified atom stereocenters. The molecule has 0 spiro atoms. The molecule has 1 saturated heterocycles. The van der Waals surface area contributed by atoms with Crippen molar-refractivity contribution >= 4 is 0 Å². The van der Waals surface area contributed by atoms with Gasteiger partial charge in [-0.05, 0) is 27.3 Å². The molecule has 1 fully saturated rings. The fourth-order valence-corrected chi connectivity index (χ4v) is 1.00. The van der Waals surface area contributed by atoms with Gasteiger partial charge >= 0.3 is 0 Å². The van der Waals surface area contributed by atoms with Crippen molar-refractivity contribution in [3.05, 3.63) is 0 Å². The van der Waals surface area contributed by atoms with Crippen LogP contribution in [-0.2, 0) is 4.74 Å². The molecule has 0 aromatic heterocycles. The fraction of sp³-hybridized carbons (Fsp3) is 1.00. The van der Waals surface area contributed by atoms with E-state index in [9.17, 15) is 0 Å². The van der Waals surface area contributed by atoms with Crippen molar-refractivity contribution in [3.8, 4) is 0 Å². The molecule has 0 radical (unpaired) electrons. The maximum atomic E-state index is 5.50. The summed E-state index contributed by atoms with van der Waals surface area (Å²) in [6, 6.07) is 0. The molecule has 0 bridgehead atoms. The van der Waals surface area contributed by atoms with E-state index < -0.39 is 0 Å². The van der Waals surface area contributed by atoms with Crippen LogP contribution in [-0.4, -0.2) is 30.8 Å². The van der Waals surface area contributed by atoms with Gasteiger partial charge in [-0.3, -0.25) is 4.90 Å². The van der Waals surface area contributed by atoms with Gasteiger partial charge in [0.15, 0.2) is 0 Å². The highest BCUT2D eigenvalue weighted by atomic mass is 16.5. The Balaban J connectivity index is 2.49. The van der Waals surface area contributed by atoms with E-state index in [0.717, 1.165) is 13.2 Å². The molecule has 2 nitrogen and oxygen atoms in total. The Kier molecular flexibility index (Phi) is 1.78. The molecule has 0 aliphatic carbocycles. The minimum atomic E-state index is -0.0295. The van der Waals surface area contributed by atoms with Crippen molar-refractivity contribution < 1.29 is 4.74 Å². The summed E-state index contributed by atoms with van der Waals surface area (Å²) in [4.78, 5) is 2.23. The molecule has 1 aliphatic rings. The summed E-state index contributed by atoms with van der Waals surface area (Å²) in [5.41, 5.74) is -0.0295. The highest BCUT2D eigenvalue weighted by Gasteiger charge is 2.26. The van der Waals surface area contributed by atoms with Crippen molar-refractivity contribution in [2.75, 3.05) is 20.2 Å². The molecule has 1 heterocycles. The van der Waals surface area contributed by atoms with E-state index in [4.69, 9.17) is 4.74 Å². The smallest absolute Gasteiger partial charge is 0.115 e. The molecule has 54 valence electrons. The summed E-state index contributed by atoms with van der Waals surface area (Å²) < 4.78 is 5.50. The Morgan fingerprint density at radius 3 is 2.44 bits per heavy atom. The lowest BCUT2D eigenvalue weighted by Gasteiger charge is -2.39. The highest BCUT2D eigenvalue weighted by Crippen LogP contribution is 2.18. The van der Waals surface area contributed by atoms with Crippen LogP contribution >= 0.6 is 0 Å². The summed E-state index contributed by atoms with van der Waals surface area (Å²) >= 11 is 0. The van der Waals surface area contributed by atoms with Crippen LogP contribution in [0, 0.1) is 0 Å². The lowest BCUT2D eigenvalue weighted by Crippen LogP contribution is -2.47. The predicted octanol–water partition coefficient (Wildman–Crippen LogP) is 1.07. The van der Waals surface area contributed by atoms with Gasteiger partial charge in [-0.1, -0.05) is 0 Å². The van der Waals surface area contributed by atoms with Gasteiger partial charge in [0.2, 0.25) is 0 Å². The Bertz CT molecular complexity index is 101. The Morgan fingerprint density at radius 1 is 1.44 bits per heavy atom. The van der Waals surface area contributed by atoms with Gasteiger partial charge in [0.1, 0.15) is 5.72 Å². The number of ether oxygens (including phenoxy) is 1. The van der Waals surface area contributed by atoms with Crippen LogP contribution in [0.4, 0.5) is 0 Å². The van der Waals surface area contributed by atoms with Gasteiger partial charge in [-0.25, -0.2) is 0 Å². The van der Waals surface area contributed by atoms with E-state index in [0.29, 0.717) is 0 Å². The van der Waals surface area contributed by atoms with Crippen LogP contribution in [0.3, 0.4) is 0 Å². The zero-order chi connectivity index (χ0) is 6.91. The maximum Gasteiger partial charge on any atom is 0.115 e. The van der Waals surface area contributed by atoms with E-state index in [2.05, 4.69) is 25.8 Å². The van der Waals surface area contributed by atoms with Gasteiger partial charge in [0.25, 0.3) is 0 Å². The quantitative estimate of drug-likeness (QED) is 0.485. The number of nitrogens with zero attached hydrogens (tertiary/aromatic N) is 1. The van der Waals surface area contributed by atoms with Crippen LogP contribution in [0.2, 0.25) is 0 Å². The minimum Gasteiger partial charge on any atom is -0.361 e. The van der Waals surface area contributed by atoms with Gasteiger partial charge in [0, 0.05) is 6.54 Å². The third-order valence-electron chi connectivity index (χ3n) is 2.01. The van der Waals surface area contributed by atoms with Crippen LogP contribution in [0.5, 0.6) is 0 Å². The molecular weight excluding hydrogens is 114 g/mol. The standard InChI is InChI=1S/C7H15NO/c1-7(2)8(3)5-4-6-9-7/h4-6H2,1-3H3. The minimum absolute atomic E-state index is 0.0295. The first-order valence-corrected chi connectivity index (χ1v) is 3.48. The largest absolute Gasteiger partial charge is 0.361 e. The SMILES string of the molecule is CN1CCCOC1(C)C. The molecule has 0 aromatic rings. The number of rotatable bonds is 0. The second kappa shape index (κ2) is 2.27. The predicted molar refractivity (Wildman–Crippen MR) is 37.3 cm³/mol. The molecule has 0 N–H and O–H groups in total. The topological polar surface area (TPSA) is 12.5 Å². The second-order valence-corrected chi connectivity index (χ2v) is 3.07. The normalized spacial score (nSPS) is 28.3. The van der Waals surface area contributed by atoms with Gasteiger partial charge < -0.3 is 4.74 Å². The fourth-order valence-electron chi connectivity index (χ4n) is 1.00. The van der Waals surface area contributed by atoms with Crippen LogP contribution < -0.4 is 0 Å². The molecule has 1 rings (SSSR count). The zero-order valence-corrected chi connectivity index (χ0v) is 6.48. The molecule has 9 heavy (non-hydrogen) atoms. The van der Waals surface area contributed by atoms with Crippen LogP contribution in [0.15, 0.2) is 0 Å². The van der Waals surface area contributed by atoms with Crippen molar-refractivity contribution in [3.63, 3.8) is 0 Å². The molecule has 0 amide bonds. The Labute approximate surface area is 56.8 Å². The van der Waals surface area contributed by atoms with Gasteiger partial charge in [0.05, 0.1) is 6.61 Å². The van der Waals surface area contributed by atoms with Gasteiger partial charge in [-0.15, -0.1) is 0 Å². The Morgan fingerprint density at radius 2 is 2.11 bits per heavy atom. The Hall–Kier alpha value is -0.0800. The van der Waals surface area contributed by atoms with Crippen molar-refractivity contribution in [2.24, 2.45) is 0 Å². The first-order chi connectivity index (χ1) is 4.13. The number of hydrogen-bond donors (Lipinski definition) is 0. The van der Waals surface area contributed by atoms with E-state index in [1.165, 1.54) is 6.42 Å². The lowest BCUT2D eigenvalue weighted by molar-refractivity contribution is -0.151. The number of hydrogen-bond acceptors (Lipinski definition) is 2. The average molecular weight is 129 g/mol. The first-order valence-electron chi connectivity index (χ1n) is 3.48. The van der Waals surface area contributed by atoms with Gasteiger partial charge in [-0.2, -0.15) is 0 Å². The second-order valence-electron chi connectivity index (χ2n) is 3.07.